The maximum Gasteiger partial charge on any atom is 0.305 e. The number of carbonyl (C=O) groups excluding carboxylic acids is 1. The zero-order valence-corrected chi connectivity index (χ0v) is 11.8. The van der Waals surface area contributed by atoms with E-state index in [1.807, 2.05) is 6.92 Å². The Morgan fingerprint density at radius 3 is 2.63 bits per heavy atom. The number of piperidine rings is 1. The fourth-order valence-electron chi connectivity index (χ4n) is 2.59. The summed E-state index contributed by atoms with van der Waals surface area (Å²) in [5, 5.41) is 15.0. The molecule has 0 spiro atoms. The maximum atomic E-state index is 11.8. The van der Waals surface area contributed by atoms with Crippen molar-refractivity contribution in [2.75, 3.05) is 13.1 Å². The first-order valence-corrected chi connectivity index (χ1v) is 7.33. The van der Waals surface area contributed by atoms with Crippen molar-refractivity contribution in [2.24, 2.45) is 5.92 Å². The van der Waals surface area contributed by atoms with E-state index in [4.69, 9.17) is 5.11 Å². The van der Waals surface area contributed by atoms with Gasteiger partial charge in [0.25, 0.3) is 0 Å². The maximum absolute atomic E-state index is 11.8. The van der Waals surface area contributed by atoms with Crippen molar-refractivity contribution >= 4 is 11.9 Å². The van der Waals surface area contributed by atoms with Crippen LogP contribution in [-0.4, -0.2) is 36.1 Å². The molecule has 1 heterocycles. The van der Waals surface area contributed by atoms with Crippen LogP contribution in [-0.2, 0) is 9.59 Å². The third-order valence-corrected chi connectivity index (χ3v) is 3.66. The Labute approximate surface area is 115 Å². The summed E-state index contributed by atoms with van der Waals surface area (Å²) in [4.78, 5) is 22.5. The fourth-order valence-corrected chi connectivity index (χ4v) is 2.59. The van der Waals surface area contributed by atoms with E-state index in [0.29, 0.717) is 12.3 Å². The van der Waals surface area contributed by atoms with Crippen molar-refractivity contribution in [1.29, 1.82) is 0 Å². The third kappa shape index (κ3) is 7.15. The van der Waals surface area contributed by atoms with Gasteiger partial charge in [-0.2, -0.15) is 0 Å². The summed E-state index contributed by atoms with van der Waals surface area (Å²) >= 11 is 0. The normalized spacial score (nSPS) is 17.9. The zero-order valence-electron chi connectivity index (χ0n) is 11.8. The predicted octanol–water partition coefficient (Wildman–Crippen LogP) is 1.53. The van der Waals surface area contributed by atoms with Gasteiger partial charge in [-0.25, -0.2) is 0 Å². The van der Waals surface area contributed by atoms with Crippen molar-refractivity contribution in [1.82, 2.24) is 10.6 Å². The predicted molar refractivity (Wildman–Crippen MR) is 73.9 cm³/mol. The molecule has 0 aromatic heterocycles. The molecule has 5 nitrogen and oxygen atoms in total. The van der Waals surface area contributed by atoms with E-state index in [2.05, 4.69) is 10.6 Å². The Morgan fingerprint density at radius 1 is 1.37 bits per heavy atom. The molecule has 0 aliphatic carbocycles. The van der Waals surface area contributed by atoms with Crippen molar-refractivity contribution in [3.8, 4) is 0 Å². The van der Waals surface area contributed by atoms with E-state index in [0.717, 1.165) is 45.2 Å². The van der Waals surface area contributed by atoms with Crippen LogP contribution in [0.1, 0.15) is 51.9 Å². The molecule has 3 N–H and O–H groups in total. The standard InChI is InChI=1S/C14H26N2O3/c1-2-3-12(10-14(18)19)16-13(17)5-4-11-6-8-15-9-7-11/h11-12,15H,2-10H2,1H3,(H,16,17)(H,18,19). The Balaban J connectivity index is 2.24. The van der Waals surface area contributed by atoms with E-state index in [9.17, 15) is 9.59 Å². The summed E-state index contributed by atoms with van der Waals surface area (Å²) in [5.74, 6) is -0.216. The van der Waals surface area contributed by atoms with Gasteiger partial charge < -0.3 is 15.7 Å². The lowest BCUT2D eigenvalue weighted by molar-refractivity contribution is -0.137. The second-order valence-electron chi connectivity index (χ2n) is 5.38. The number of nitrogens with one attached hydrogen (secondary N) is 2. The smallest absolute Gasteiger partial charge is 0.305 e. The first kappa shape index (κ1) is 16.0. The minimum Gasteiger partial charge on any atom is -0.481 e. The molecule has 1 atom stereocenters. The highest BCUT2D eigenvalue weighted by Gasteiger charge is 2.17. The minimum atomic E-state index is -0.850. The number of aliphatic carboxylic acids is 1. The number of amides is 1. The van der Waals surface area contributed by atoms with Crippen molar-refractivity contribution < 1.29 is 14.7 Å². The van der Waals surface area contributed by atoms with Gasteiger partial charge in [0.05, 0.1) is 6.42 Å². The van der Waals surface area contributed by atoms with Crippen LogP contribution >= 0.6 is 0 Å². The molecule has 110 valence electrons. The number of carbonyl (C=O) groups is 2. The lowest BCUT2D eigenvalue weighted by Crippen LogP contribution is -2.37. The van der Waals surface area contributed by atoms with Crippen LogP contribution in [0, 0.1) is 5.92 Å². The molecule has 1 aliphatic rings. The number of hydrogen-bond acceptors (Lipinski definition) is 3. The molecule has 1 rings (SSSR count). The van der Waals surface area contributed by atoms with E-state index >= 15 is 0 Å². The summed E-state index contributed by atoms with van der Waals surface area (Å²) in [7, 11) is 0. The molecule has 0 aromatic carbocycles. The summed E-state index contributed by atoms with van der Waals surface area (Å²) in [6.45, 7) is 4.09. The first-order valence-electron chi connectivity index (χ1n) is 7.33. The summed E-state index contributed by atoms with van der Waals surface area (Å²) in [6, 6.07) is -0.219. The molecule has 0 aromatic rings. The van der Waals surface area contributed by atoms with Crippen LogP contribution in [0.5, 0.6) is 0 Å². The lowest BCUT2D eigenvalue weighted by Gasteiger charge is -2.23. The van der Waals surface area contributed by atoms with E-state index < -0.39 is 5.97 Å². The number of rotatable bonds is 8. The van der Waals surface area contributed by atoms with Crippen LogP contribution in [0.2, 0.25) is 0 Å². The van der Waals surface area contributed by atoms with Crippen LogP contribution in [0.15, 0.2) is 0 Å². The van der Waals surface area contributed by atoms with Crippen LogP contribution in [0.3, 0.4) is 0 Å². The van der Waals surface area contributed by atoms with Crippen molar-refractivity contribution in [2.45, 2.75) is 57.9 Å². The average molecular weight is 270 g/mol. The fraction of sp³-hybridized carbons (Fsp3) is 0.857. The van der Waals surface area contributed by atoms with Crippen LogP contribution in [0.4, 0.5) is 0 Å². The number of carboxylic acid groups (broad SMARTS) is 1. The Kier molecular flexibility index (Phi) is 7.48. The minimum absolute atomic E-state index is 0.00164. The molecule has 1 unspecified atom stereocenters. The molecule has 0 saturated carbocycles. The second-order valence-corrected chi connectivity index (χ2v) is 5.38. The molecule has 0 radical (unpaired) electrons. The highest BCUT2D eigenvalue weighted by molar-refractivity contribution is 5.77. The van der Waals surface area contributed by atoms with Crippen LogP contribution in [0.25, 0.3) is 0 Å². The van der Waals surface area contributed by atoms with Gasteiger partial charge in [0.15, 0.2) is 0 Å². The van der Waals surface area contributed by atoms with Crippen LogP contribution < -0.4 is 10.6 Å². The Morgan fingerprint density at radius 2 is 2.05 bits per heavy atom. The van der Waals surface area contributed by atoms with Gasteiger partial charge in [-0.15, -0.1) is 0 Å². The largest absolute Gasteiger partial charge is 0.481 e. The van der Waals surface area contributed by atoms with Gasteiger partial charge in [-0.1, -0.05) is 13.3 Å². The third-order valence-electron chi connectivity index (χ3n) is 3.66. The Bertz CT molecular complexity index is 288. The van der Waals surface area contributed by atoms with Gasteiger partial charge in [-0.3, -0.25) is 9.59 Å². The molecule has 1 amide bonds. The average Bonchev–Trinajstić information content (AvgIpc) is 2.37. The molecular weight excluding hydrogens is 244 g/mol. The molecule has 1 aliphatic heterocycles. The van der Waals surface area contributed by atoms with E-state index in [1.165, 1.54) is 0 Å². The van der Waals surface area contributed by atoms with Gasteiger partial charge in [0.2, 0.25) is 5.91 Å². The van der Waals surface area contributed by atoms with Gasteiger partial charge in [-0.05, 0) is 44.7 Å². The lowest BCUT2D eigenvalue weighted by atomic mass is 9.93. The zero-order chi connectivity index (χ0) is 14.1. The second kappa shape index (κ2) is 8.91. The topological polar surface area (TPSA) is 78.4 Å². The number of carboxylic acids is 1. The molecule has 1 fully saturated rings. The molecule has 1 saturated heterocycles. The van der Waals surface area contributed by atoms with E-state index in [1.54, 1.807) is 0 Å². The summed E-state index contributed by atoms with van der Waals surface area (Å²) < 4.78 is 0. The highest BCUT2D eigenvalue weighted by Crippen LogP contribution is 2.17. The summed E-state index contributed by atoms with van der Waals surface area (Å²) in [6.07, 6.45) is 5.34. The monoisotopic (exact) mass is 270 g/mol. The van der Waals surface area contributed by atoms with Gasteiger partial charge in [0.1, 0.15) is 0 Å². The van der Waals surface area contributed by atoms with Gasteiger partial charge in [0, 0.05) is 12.5 Å². The van der Waals surface area contributed by atoms with E-state index in [-0.39, 0.29) is 18.4 Å². The molecule has 19 heavy (non-hydrogen) atoms. The quantitative estimate of drug-likeness (QED) is 0.625. The molecule has 0 bridgehead atoms. The molecule has 5 heteroatoms. The number of hydrogen-bond donors (Lipinski definition) is 3. The summed E-state index contributed by atoms with van der Waals surface area (Å²) in [5.41, 5.74) is 0. The highest BCUT2D eigenvalue weighted by atomic mass is 16.4. The molecular formula is C14H26N2O3. The van der Waals surface area contributed by atoms with Crippen molar-refractivity contribution in [3.05, 3.63) is 0 Å². The van der Waals surface area contributed by atoms with Crippen molar-refractivity contribution in [3.63, 3.8) is 0 Å². The Hall–Kier alpha value is -1.10. The SMILES string of the molecule is CCCC(CC(=O)O)NC(=O)CCC1CCNCC1. The first-order chi connectivity index (χ1) is 9.11. The van der Waals surface area contributed by atoms with Gasteiger partial charge >= 0.3 is 5.97 Å².